The monoisotopic (exact) mass is 640 g/mol. The Morgan fingerprint density at radius 2 is 1.81 bits per heavy atom. The zero-order valence-electron chi connectivity index (χ0n) is 24.1. The highest BCUT2D eigenvalue weighted by atomic mass is 35.5. The summed E-state index contributed by atoms with van der Waals surface area (Å²) < 4.78 is 41.8. The predicted octanol–water partition coefficient (Wildman–Crippen LogP) is 6.78. The molecule has 3 heterocycles. The van der Waals surface area contributed by atoms with E-state index in [1.807, 2.05) is 39.5 Å². The largest absolute Gasteiger partial charge is 0.444 e. The number of carbonyl (C=O) groups is 1. The van der Waals surface area contributed by atoms with Gasteiger partial charge in [0.05, 0.1) is 28.2 Å². The molecule has 1 aromatic heterocycles. The number of hydrogen-bond donors (Lipinski definition) is 0. The van der Waals surface area contributed by atoms with Crippen molar-refractivity contribution in [2.24, 2.45) is 0 Å². The van der Waals surface area contributed by atoms with Crippen LogP contribution in [0.15, 0.2) is 27.9 Å². The van der Waals surface area contributed by atoms with Crippen molar-refractivity contribution in [3.05, 3.63) is 50.4 Å². The summed E-state index contributed by atoms with van der Waals surface area (Å²) in [5.74, 6) is -0.838. The number of ether oxygens (including phenoxy) is 2. The summed E-state index contributed by atoms with van der Waals surface area (Å²) in [4.78, 5) is 35.4. The molecule has 0 N–H and O–H groups in total. The van der Waals surface area contributed by atoms with Crippen LogP contribution in [0.1, 0.15) is 40.7 Å². The van der Waals surface area contributed by atoms with Gasteiger partial charge in [-0.1, -0.05) is 23.2 Å². The van der Waals surface area contributed by atoms with Gasteiger partial charge in [-0.15, -0.1) is 11.8 Å². The average Bonchev–Trinajstić information content (AvgIpc) is 2.89. The second-order valence-corrected chi connectivity index (χ2v) is 13.5. The molecule has 8 nitrogen and oxygen atoms in total. The standard InChI is InChI=1S/C29H32Cl2F2N4O4S/c1-14-11-36(28(39)41-29(3,4)5)15(2)10-35(14)26-18-8-20(31)23(17-7-19(30)22(33)9-21(17)32)25-24(18)37(27(38)34-26)16(12-40-6)13-42-25/h7-9,14-16H,10-13H2,1-6H3/t14-,15+,16-/m0/s1. The molecule has 1 saturated heterocycles. The Bertz CT molecular complexity index is 1630. The molecule has 3 atom stereocenters. The van der Waals surface area contributed by atoms with E-state index in [1.54, 1.807) is 22.6 Å². The Morgan fingerprint density at radius 3 is 2.48 bits per heavy atom. The maximum atomic E-state index is 15.2. The zero-order chi connectivity index (χ0) is 30.7. The number of benzene rings is 2. The molecule has 2 aromatic carbocycles. The van der Waals surface area contributed by atoms with E-state index in [-0.39, 0.29) is 40.3 Å². The van der Waals surface area contributed by atoms with Crippen molar-refractivity contribution in [1.29, 1.82) is 0 Å². The Balaban J connectivity index is 1.69. The number of halogens is 4. The molecule has 0 unspecified atom stereocenters. The van der Waals surface area contributed by atoms with Crippen molar-refractivity contribution in [2.75, 3.05) is 37.5 Å². The molecular formula is C29H32Cl2F2N4O4S. The molecule has 1 fully saturated rings. The first-order valence-corrected chi connectivity index (χ1v) is 15.3. The van der Waals surface area contributed by atoms with Crippen molar-refractivity contribution < 1.29 is 23.0 Å². The van der Waals surface area contributed by atoms with Crippen LogP contribution in [-0.4, -0.2) is 70.8 Å². The Kier molecular flexibility index (Phi) is 8.43. The molecule has 226 valence electrons. The van der Waals surface area contributed by atoms with Gasteiger partial charge in [0, 0.05) is 65.5 Å². The summed E-state index contributed by atoms with van der Waals surface area (Å²) >= 11 is 14.3. The van der Waals surface area contributed by atoms with Crippen molar-refractivity contribution in [2.45, 2.75) is 63.2 Å². The van der Waals surface area contributed by atoms with Crippen LogP contribution < -0.4 is 10.6 Å². The van der Waals surface area contributed by atoms with Crippen LogP contribution in [0.3, 0.4) is 0 Å². The first kappa shape index (κ1) is 30.8. The predicted molar refractivity (Wildman–Crippen MR) is 162 cm³/mol. The molecule has 1 amide bonds. The van der Waals surface area contributed by atoms with Gasteiger partial charge in [-0.2, -0.15) is 4.98 Å². The number of hydrogen-bond acceptors (Lipinski definition) is 7. The van der Waals surface area contributed by atoms with Gasteiger partial charge in [0.15, 0.2) is 0 Å². The van der Waals surface area contributed by atoms with Crippen LogP contribution in [0.2, 0.25) is 10.0 Å². The van der Waals surface area contributed by atoms with Gasteiger partial charge in [0.1, 0.15) is 23.1 Å². The van der Waals surface area contributed by atoms with Crippen LogP contribution in [0.4, 0.5) is 19.4 Å². The summed E-state index contributed by atoms with van der Waals surface area (Å²) in [7, 11) is 1.56. The van der Waals surface area contributed by atoms with Crippen molar-refractivity contribution in [1.82, 2.24) is 14.5 Å². The molecule has 0 aliphatic carbocycles. The maximum Gasteiger partial charge on any atom is 0.410 e. The summed E-state index contributed by atoms with van der Waals surface area (Å²) in [6.07, 6.45) is -0.405. The quantitative estimate of drug-likeness (QED) is 0.291. The van der Waals surface area contributed by atoms with E-state index in [0.29, 0.717) is 46.0 Å². The van der Waals surface area contributed by atoms with Crippen molar-refractivity contribution >= 4 is 57.8 Å². The van der Waals surface area contributed by atoms with Gasteiger partial charge in [0.2, 0.25) is 0 Å². The number of aromatic nitrogens is 2. The van der Waals surface area contributed by atoms with Gasteiger partial charge >= 0.3 is 11.8 Å². The molecule has 3 aromatic rings. The van der Waals surface area contributed by atoms with E-state index in [1.165, 1.54) is 17.8 Å². The molecular weight excluding hydrogens is 609 g/mol. The van der Waals surface area contributed by atoms with E-state index in [2.05, 4.69) is 4.98 Å². The molecule has 5 rings (SSSR count). The van der Waals surface area contributed by atoms with Crippen molar-refractivity contribution in [3.8, 4) is 11.1 Å². The second-order valence-electron chi connectivity index (χ2n) is 11.7. The SMILES string of the molecule is COC[C@H]1CSc2c(-c3cc(Cl)c(F)cc3F)c(Cl)cc3c(N4C[C@@H](C)N(C(=O)OC(C)(C)C)C[C@@H]4C)nc(=O)n1c23. The van der Waals surface area contributed by atoms with Gasteiger partial charge in [0.25, 0.3) is 0 Å². The highest BCUT2D eigenvalue weighted by Crippen LogP contribution is 2.48. The third kappa shape index (κ3) is 5.56. The fraction of sp³-hybridized carbons (Fsp3) is 0.483. The van der Waals surface area contributed by atoms with Crippen LogP contribution in [0, 0.1) is 11.6 Å². The van der Waals surface area contributed by atoms with E-state index < -0.39 is 29.0 Å². The third-order valence-electron chi connectivity index (χ3n) is 7.41. The number of rotatable bonds is 4. The van der Waals surface area contributed by atoms with Gasteiger partial charge in [-0.25, -0.2) is 18.4 Å². The number of nitrogens with zero attached hydrogens (tertiary/aromatic N) is 4. The molecule has 2 aliphatic rings. The van der Waals surface area contributed by atoms with Gasteiger partial charge < -0.3 is 19.3 Å². The summed E-state index contributed by atoms with van der Waals surface area (Å²) in [6, 6.07) is 2.80. The van der Waals surface area contributed by atoms with Gasteiger partial charge in [-0.05, 0) is 46.8 Å². The van der Waals surface area contributed by atoms with Crippen LogP contribution in [0.25, 0.3) is 22.0 Å². The number of amides is 1. The number of piperazine rings is 1. The normalized spacial score (nSPS) is 20.8. The van der Waals surface area contributed by atoms with Crippen LogP contribution in [-0.2, 0) is 9.47 Å². The molecule has 0 bridgehead atoms. The molecule has 13 heteroatoms. The fourth-order valence-corrected chi connectivity index (χ4v) is 7.39. The fourth-order valence-electron chi connectivity index (χ4n) is 5.56. The minimum Gasteiger partial charge on any atom is -0.444 e. The minimum atomic E-state index is -0.881. The lowest BCUT2D eigenvalue weighted by Gasteiger charge is -2.45. The lowest BCUT2D eigenvalue weighted by atomic mass is 10.0. The summed E-state index contributed by atoms with van der Waals surface area (Å²) in [6.45, 7) is 10.3. The van der Waals surface area contributed by atoms with Crippen molar-refractivity contribution in [3.63, 3.8) is 0 Å². The minimum absolute atomic E-state index is 0.0336. The highest BCUT2D eigenvalue weighted by molar-refractivity contribution is 7.99. The number of methoxy groups -OCH3 is 1. The van der Waals surface area contributed by atoms with Crippen LogP contribution >= 0.6 is 35.0 Å². The maximum absolute atomic E-state index is 15.2. The zero-order valence-corrected chi connectivity index (χ0v) is 26.5. The number of anilines is 1. The molecule has 0 radical (unpaired) electrons. The molecule has 0 saturated carbocycles. The average molecular weight is 642 g/mol. The van der Waals surface area contributed by atoms with E-state index >= 15 is 4.39 Å². The third-order valence-corrected chi connectivity index (χ3v) is 9.23. The van der Waals surface area contributed by atoms with Gasteiger partial charge in [-0.3, -0.25) is 4.57 Å². The Labute approximate surface area is 256 Å². The van der Waals surface area contributed by atoms with Crippen LogP contribution in [0.5, 0.6) is 0 Å². The number of thioether (sulfide) groups is 1. The highest BCUT2D eigenvalue weighted by Gasteiger charge is 2.38. The topological polar surface area (TPSA) is 76.9 Å². The van der Waals surface area contributed by atoms with E-state index in [0.717, 1.165) is 6.07 Å². The Hall–Kier alpha value is -2.60. The molecule has 42 heavy (non-hydrogen) atoms. The Morgan fingerprint density at radius 1 is 1.10 bits per heavy atom. The van der Waals surface area contributed by atoms with E-state index in [9.17, 15) is 14.0 Å². The summed E-state index contributed by atoms with van der Waals surface area (Å²) in [5, 5.41) is 0.564. The number of carbonyl (C=O) groups excluding carboxylic acids is 1. The van der Waals surface area contributed by atoms with E-state index in [4.69, 9.17) is 32.7 Å². The first-order valence-electron chi connectivity index (χ1n) is 13.5. The smallest absolute Gasteiger partial charge is 0.410 e. The molecule has 0 spiro atoms. The molecule has 2 aliphatic heterocycles. The first-order chi connectivity index (χ1) is 19.7. The lowest BCUT2D eigenvalue weighted by Crippen LogP contribution is -2.59. The second kappa shape index (κ2) is 11.5. The summed E-state index contributed by atoms with van der Waals surface area (Å²) in [5.41, 5.74) is -0.224. The lowest BCUT2D eigenvalue weighted by molar-refractivity contribution is 0.0130.